The van der Waals surface area contributed by atoms with E-state index < -0.39 is 17.5 Å². The van der Waals surface area contributed by atoms with Gasteiger partial charge in [0.2, 0.25) is 0 Å². The van der Waals surface area contributed by atoms with Crippen molar-refractivity contribution in [2.45, 2.75) is 125 Å². The Hall–Kier alpha value is -1.36. The first-order chi connectivity index (χ1) is 17.0. The number of hydrogen-bond donors (Lipinski definition) is 2. The Morgan fingerprint density at radius 1 is 0.892 bits per heavy atom. The molecule has 5 nitrogen and oxygen atoms in total. The fourth-order valence-electron chi connectivity index (χ4n) is 11.0. The van der Waals surface area contributed by atoms with Gasteiger partial charge in [-0.05, 0) is 91.3 Å². The summed E-state index contributed by atoms with van der Waals surface area (Å²) in [5.74, 6) is -0.264. The Kier molecular flexibility index (Phi) is 5.95. The van der Waals surface area contributed by atoms with Gasteiger partial charge in [0, 0.05) is 18.3 Å². The van der Waals surface area contributed by atoms with Crippen molar-refractivity contribution >= 4 is 11.9 Å². The number of ether oxygens (including phenoxy) is 1. The number of carboxylic acid groups (broad SMARTS) is 1. The van der Waals surface area contributed by atoms with Crippen LogP contribution < -0.4 is 0 Å². The van der Waals surface area contributed by atoms with E-state index in [1.54, 1.807) is 0 Å². The first-order valence-corrected chi connectivity index (χ1v) is 14.8. The molecular formula is C32H50O5. The molecule has 0 unspecified atom stereocenters. The minimum atomic E-state index is -0.853. The first-order valence-electron chi connectivity index (χ1n) is 14.8. The van der Waals surface area contributed by atoms with Crippen LogP contribution in [-0.2, 0) is 14.3 Å². The van der Waals surface area contributed by atoms with E-state index >= 15 is 0 Å². The van der Waals surface area contributed by atoms with E-state index in [1.807, 2.05) is 0 Å². The van der Waals surface area contributed by atoms with E-state index in [2.05, 4.69) is 54.5 Å². The first kappa shape index (κ1) is 27.2. The van der Waals surface area contributed by atoms with Crippen LogP contribution in [0.5, 0.6) is 0 Å². The summed E-state index contributed by atoms with van der Waals surface area (Å²) in [5, 5.41) is 22.3. The number of fused-ring (bicyclic) bond motifs is 7. The van der Waals surface area contributed by atoms with Crippen molar-refractivity contribution in [3.05, 3.63) is 11.6 Å². The third-order valence-corrected chi connectivity index (χ3v) is 13.5. The lowest BCUT2D eigenvalue weighted by molar-refractivity contribution is -0.217. The van der Waals surface area contributed by atoms with Crippen molar-refractivity contribution in [1.82, 2.24) is 0 Å². The minimum Gasteiger partial charge on any atom is -0.481 e. The van der Waals surface area contributed by atoms with Crippen LogP contribution in [0.1, 0.15) is 113 Å². The van der Waals surface area contributed by atoms with Crippen LogP contribution in [0.25, 0.3) is 0 Å². The molecule has 5 aliphatic carbocycles. The van der Waals surface area contributed by atoms with Crippen LogP contribution in [0, 0.1) is 50.2 Å². The summed E-state index contributed by atoms with van der Waals surface area (Å²) in [6.45, 7) is 17.8. The maximum absolute atomic E-state index is 12.9. The van der Waals surface area contributed by atoms with Gasteiger partial charge in [-0.1, -0.05) is 60.1 Å². The number of carboxylic acids is 1. The molecule has 4 saturated carbocycles. The van der Waals surface area contributed by atoms with Gasteiger partial charge in [0.25, 0.3) is 0 Å². The molecule has 0 aromatic rings. The molecule has 0 aromatic carbocycles. The molecule has 0 heterocycles. The smallest absolute Gasteiger partial charge is 0.310 e. The third kappa shape index (κ3) is 3.37. The minimum absolute atomic E-state index is 0.0387. The Balaban J connectivity index is 1.58. The normalized spacial score (nSPS) is 49.9. The van der Waals surface area contributed by atoms with Gasteiger partial charge >= 0.3 is 11.9 Å². The Morgan fingerprint density at radius 3 is 2.16 bits per heavy atom. The second kappa shape index (κ2) is 8.08. The monoisotopic (exact) mass is 514 g/mol. The number of aliphatic hydroxyl groups excluding tert-OH is 1. The SMILES string of the molecule is CC(=O)O[C@H]1CC[C@]2(C)[C@H]3CC=C4[C@@H]5[C@H](O)C(C)(C)CC[C@]5(C(=O)O)CC[C@@]4(C)[C@]3(C)CC[C@H]2C1(C)C. The highest BCUT2D eigenvalue weighted by Crippen LogP contribution is 2.75. The zero-order valence-corrected chi connectivity index (χ0v) is 24.4. The topological polar surface area (TPSA) is 83.8 Å². The van der Waals surface area contributed by atoms with Crippen LogP contribution in [0.4, 0.5) is 0 Å². The number of rotatable bonds is 2. The Labute approximate surface area is 223 Å². The summed E-state index contributed by atoms with van der Waals surface area (Å²) in [6, 6.07) is 0. The summed E-state index contributed by atoms with van der Waals surface area (Å²) in [4.78, 5) is 24.7. The molecule has 37 heavy (non-hydrogen) atoms. The van der Waals surface area contributed by atoms with E-state index in [-0.39, 0.29) is 45.1 Å². The summed E-state index contributed by atoms with van der Waals surface area (Å²) >= 11 is 0. The molecule has 5 aliphatic rings. The van der Waals surface area contributed by atoms with Gasteiger partial charge < -0.3 is 14.9 Å². The van der Waals surface area contributed by atoms with Crippen LogP contribution in [0.3, 0.4) is 0 Å². The molecule has 2 N–H and O–H groups in total. The lowest BCUT2D eigenvalue weighted by atomic mass is 9.33. The summed E-state index contributed by atoms with van der Waals surface area (Å²) < 4.78 is 5.86. The molecule has 0 spiro atoms. The number of aliphatic hydroxyl groups is 1. The number of carbonyl (C=O) groups is 2. The molecule has 0 amide bonds. The van der Waals surface area contributed by atoms with Crippen molar-refractivity contribution in [3.8, 4) is 0 Å². The highest BCUT2D eigenvalue weighted by atomic mass is 16.5. The molecule has 5 rings (SSSR count). The molecule has 208 valence electrons. The molecule has 0 aliphatic heterocycles. The van der Waals surface area contributed by atoms with E-state index in [4.69, 9.17) is 4.74 Å². The summed E-state index contributed by atoms with van der Waals surface area (Å²) in [6.07, 6.45) is 9.73. The van der Waals surface area contributed by atoms with Crippen molar-refractivity contribution in [1.29, 1.82) is 0 Å². The Bertz CT molecular complexity index is 1030. The van der Waals surface area contributed by atoms with E-state index in [9.17, 15) is 19.8 Å². The number of esters is 1. The van der Waals surface area contributed by atoms with Gasteiger partial charge in [-0.15, -0.1) is 0 Å². The average molecular weight is 515 g/mol. The molecule has 0 radical (unpaired) electrons. The molecule has 0 bridgehead atoms. The van der Waals surface area contributed by atoms with Gasteiger partial charge in [-0.2, -0.15) is 0 Å². The number of hydrogen-bond acceptors (Lipinski definition) is 4. The highest BCUT2D eigenvalue weighted by Gasteiger charge is 2.70. The van der Waals surface area contributed by atoms with Crippen LogP contribution in [0.2, 0.25) is 0 Å². The third-order valence-electron chi connectivity index (χ3n) is 13.5. The molecular weight excluding hydrogens is 464 g/mol. The van der Waals surface area contributed by atoms with Crippen LogP contribution in [0.15, 0.2) is 11.6 Å². The lowest BCUT2D eigenvalue weighted by Gasteiger charge is -2.71. The van der Waals surface area contributed by atoms with Gasteiger partial charge in [-0.25, -0.2) is 0 Å². The average Bonchev–Trinajstić information content (AvgIpc) is 2.78. The predicted octanol–water partition coefficient (Wildman–Crippen LogP) is 6.78. The molecule has 5 heteroatoms. The summed E-state index contributed by atoms with van der Waals surface area (Å²) in [5.41, 5.74) is 0.0637. The van der Waals surface area contributed by atoms with Crippen molar-refractivity contribution < 1.29 is 24.5 Å². The number of aliphatic carboxylic acids is 1. The zero-order chi connectivity index (χ0) is 27.4. The number of allylic oxidation sites excluding steroid dienone is 1. The fraction of sp³-hybridized carbons (Fsp3) is 0.875. The maximum Gasteiger partial charge on any atom is 0.310 e. The molecule has 9 atom stereocenters. The van der Waals surface area contributed by atoms with Gasteiger partial charge in [0.1, 0.15) is 6.10 Å². The zero-order valence-electron chi connectivity index (χ0n) is 24.4. The fourth-order valence-corrected chi connectivity index (χ4v) is 11.0. The van der Waals surface area contributed by atoms with Crippen molar-refractivity contribution in [3.63, 3.8) is 0 Å². The van der Waals surface area contributed by atoms with E-state index in [1.165, 1.54) is 12.5 Å². The van der Waals surface area contributed by atoms with Gasteiger partial charge in [0.05, 0.1) is 11.5 Å². The van der Waals surface area contributed by atoms with E-state index in [0.29, 0.717) is 24.7 Å². The van der Waals surface area contributed by atoms with Gasteiger partial charge in [-0.3, -0.25) is 9.59 Å². The van der Waals surface area contributed by atoms with E-state index in [0.717, 1.165) is 44.9 Å². The Morgan fingerprint density at radius 2 is 1.54 bits per heavy atom. The standard InChI is InChI=1S/C32H50O5/c1-19(33)37-23-12-13-29(6)21(28(23,4)5)11-14-31(8)22(29)10-9-20-24-25(34)27(2,3)15-17-32(24,26(35)36)18-16-30(20,31)7/h9,21-25,34H,10-18H2,1-8H3,(H,35,36)/t21-,22+,23-,24+,25-,29-,30+,31+,32-/m0/s1. The second-order valence-corrected chi connectivity index (χ2v) is 15.6. The largest absolute Gasteiger partial charge is 0.481 e. The maximum atomic E-state index is 12.9. The second-order valence-electron chi connectivity index (χ2n) is 15.6. The predicted molar refractivity (Wildman–Crippen MR) is 144 cm³/mol. The highest BCUT2D eigenvalue weighted by molar-refractivity contribution is 5.77. The lowest BCUT2D eigenvalue weighted by Crippen LogP contribution is -2.66. The molecule has 0 saturated heterocycles. The summed E-state index contributed by atoms with van der Waals surface area (Å²) in [7, 11) is 0. The number of carbonyl (C=O) groups excluding carboxylic acids is 1. The van der Waals surface area contributed by atoms with Crippen molar-refractivity contribution in [2.24, 2.45) is 50.2 Å². The molecule has 0 aromatic heterocycles. The van der Waals surface area contributed by atoms with Crippen LogP contribution >= 0.6 is 0 Å². The van der Waals surface area contributed by atoms with Gasteiger partial charge in [0.15, 0.2) is 0 Å². The van der Waals surface area contributed by atoms with Crippen molar-refractivity contribution in [2.75, 3.05) is 0 Å². The quantitative estimate of drug-likeness (QED) is 0.314. The van der Waals surface area contributed by atoms with Crippen LogP contribution in [-0.4, -0.2) is 34.4 Å². The molecule has 4 fully saturated rings.